The second kappa shape index (κ2) is 4.04. The molecule has 1 saturated carbocycles. The molecule has 0 amide bonds. The van der Waals surface area contributed by atoms with Crippen molar-refractivity contribution in [1.29, 1.82) is 0 Å². The molecule has 0 atom stereocenters. The van der Waals surface area contributed by atoms with Crippen molar-refractivity contribution >= 4 is 22.0 Å². The molecule has 0 aliphatic heterocycles. The van der Waals surface area contributed by atoms with E-state index in [0.29, 0.717) is 0 Å². The van der Waals surface area contributed by atoms with E-state index in [9.17, 15) is 9.90 Å². The molecule has 0 heterocycles. The van der Waals surface area contributed by atoms with Crippen LogP contribution < -0.4 is 0 Å². The van der Waals surface area contributed by atoms with Crippen LogP contribution in [0.5, 0.6) is 5.75 Å². The van der Waals surface area contributed by atoms with E-state index in [4.69, 9.17) is 0 Å². The second-order valence-corrected chi connectivity index (χ2v) is 5.06. The van der Waals surface area contributed by atoms with E-state index in [1.807, 2.05) is 13.0 Å². The molecule has 3 nitrogen and oxygen atoms in total. The van der Waals surface area contributed by atoms with Crippen LogP contribution in [0.2, 0.25) is 0 Å². The molecule has 1 aromatic carbocycles. The van der Waals surface area contributed by atoms with Crippen LogP contribution in [0.25, 0.3) is 0 Å². The molecule has 4 heteroatoms. The zero-order valence-corrected chi connectivity index (χ0v) is 10.5. The van der Waals surface area contributed by atoms with Gasteiger partial charge in [0.15, 0.2) is 0 Å². The number of nitrogens with zero attached hydrogens (tertiary/aromatic N) is 1. The summed E-state index contributed by atoms with van der Waals surface area (Å²) in [7, 11) is 0. The zero-order chi connectivity index (χ0) is 11.8. The Morgan fingerprint density at radius 2 is 2.19 bits per heavy atom. The number of phenols is 1. The minimum atomic E-state index is -0.540. The second-order valence-electron chi connectivity index (χ2n) is 4.21. The molecule has 1 aromatic rings. The molecule has 0 aromatic heterocycles. The number of aryl methyl sites for hydroxylation is 1. The van der Waals surface area contributed by atoms with E-state index in [0.717, 1.165) is 34.9 Å². The summed E-state index contributed by atoms with van der Waals surface area (Å²) in [5.74, 6) is 0.208. The van der Waals surface area contributed by atoms with Gasteiger partial charge in [-0.15, -0.1) is 0 Å². The van der Waals surface area contributed by atoms with E-state index in [-0.39, 0.29) is 5.75 Å². The summed E-state index contributed by atoms with van der Waals surface area (Å²) in [5, 5.41) is 9.93. The van der Waals surface area contributed by atoms with E-state index in [1.54, 1.807) is 12.1 Å². The quantitative estimate of drug-likeness (QED) is 0.669. The summed E-state index contributed by atoms with van der Waals surface area (Å²) in [6, 6.07) is 3.55. The smallest absolute Gasteiger partial charge is 0.235 e. The van der Waals surface area contributed by atoms with Gasteiger partial charge in [-0.05, 0) is 43.9 Å². The van der Waals surface area contributed by atoms with Crippen LogP contribution in [0.1, 0.15) is 30.4 Å². The fourth-order valence-electron chi connectivity index (χ4n) is 2.08. The Balaban J connectivity index is 2.54. The predicted octanol–water partition coefficient (Wildman–Crippen LogP) is 3.18. The normalized spacial score (nSPS) is 17.4. The van der Waals surface area contributed by atoms with Gasteiger partial charge in [-0.3, -0.25) is 0 Å². The first kappa shape index (κ1) is 11.4. The first-order valence-electron chi connectivity index (χ1n) is 5.18. The lowest BCUT2D eigenvalue weighted by Gasteiger charge is -2.37. The largest absolute Gasteiger partial charge is 0.508 e. The van der Waals surface area contributed by atoms with Crippen LogP contribution in [0, 0.1) is 6.92 Å². The first-order valence-corrected chi connectivity index (χ1v) is 5.97. The topological polar surface area (TPSA) is 49.7 Å². The molecule has 0 bridgehead atoms. The van der Waals surface area contributed by atoms with Crippen LogP contribution in [0.15, 0.2) is 21.6 Å². The molecule has 2 rings (SSSR count). The van der Waals surface area contributed by atoms with Crippen LogP contribution in [-0.4, -0.2) is 11.2 Å². The van der Waals surface area contributed by atoms with Gasteiger partial charge in [0.25, 0.3) is 0 Å². The fraction of sp³-hybridized carbons (Fsp3) is 0.417. The summed E-state index contributed by atoms with van der Waals surface area (Å²) in [4.78, 5) is 14.3. The third-order valence-electron chi connectivity index (χ3n) is 3.22. The number of carbonyl (C=O) groups excluding carboxylic acids is 1. The summed E-state index contributed by atoms with van der Waals surface area (Å²) < 4.78 is 0.924. The SMILES string of the molecule is Cc1cc(O)c(C2(N=C=O)CCC2)cc1Br. The number of hydrogen-bond acceptors (Lipinski definition) is 3. The summed E-state index contributed by atoms with van der Waals surface area (Å²) in [6.07, 6.45) is 4.24. The molecule has 0 unspecified atom stereocenters. The number of isocyanates is 1. The maximum absolute atomic E-state index is 10.5. The van der Waals surface area contributed by atoms with Crippen molar-refractivity contribution in [3.8, 4) is 5.75 Å². The van der Waals surface area contributed by atoms with Gasteiger partial charge in [-0.2, -0.15) is 4.99 Å². The highest BCUT2D eigenvalue weighted by molar-refractivity contribution is 9.10. The van der Waals surface area contributed by atoms with Gasteiger partial charge in [0.2, 0.25) is 6.08 Å². The van der Waals surface area contributed by atoms with Crippen molar-refractivity contribution in [3.63, 3.8) is 0 Å². The Labute approximate surface area is 102 Å². The molecule has 84 valence electrons. The Morgan fingerprint density at radius 1 is 1.50 bits per heavy atom. The third kappa shape index (κ3) is 1.68. The molecule has 0 saturated heterocycles. The maximum atomic E-state index is 10.5. The van der Waals surface area contributed by atoms with E-state index in [1.165, 1.54) is 0 Å². The maximum Gasteiger partial charge on any atom is 0.235 e. The number of halogens is 1. The summed E-state index contributed by atoms with van der Waals surface area (Å²) in [5.41, 5.74) is 1.15. The van der Waals surface area contributed by atoms with Crippen molar-refractivity contribution in [2.24, 2.45) is 4.99 Å². The Morgan fingerprint density at radius 3 is 2.69 bits per heavy atom. The highest BCUT2D eigenvalue weighted by Crippen LogP contribution is 2.48. The number of rotatable bonds is 2. The molecular weight excluding hydrogens is 270 g/mol. The number of aliphatic imine (C=N–C) groups is 1. The average molecular weight is 282 g/mol. The predicted molar refractivity (Wildman–Crippen MR) is 64.2 cm³/mol. The molecule has 1 aliphatic rings. The van der Waals surface area contributed by atoms with Gasteiger partial charge in [0, 0.05) is 10.0 Å². The Kier molecular flexibility index (Phi) is 2.87. The van der Waals surface area contributed by atoms with Crippen LogP contribution in [-0.2, 0) is 10.3 Å². The minimum Gasteiger partial charge on any atom is -0.508 e. The van der Waals surface area contributed by atoms with Gasteiger partial charge in [0.1, 0.15) is 11.3 Å². The highest BCUT2D eigenvalue weighted by atomic mass is 79.9. The number of hydrogen-bond donors (Lipinski definition) is 1. The van der Waals surface area contributed by atoms with Gasteiger partial charge < -0.3 is 5.11 Å². The lowest BCUT2D eigenvalue weighted by Crippen LogP contribution is -2.32. The van der Waals surface area contributed by atoms with Gasteiger partial charge in [-0.25, -0.2) is 4.79 Å². The number of aromatic hydroxyl groups is 1. The number of phenolic OH excluding ortho intramolecular Hbond substituents is 1. The van der Waals surface area contributed by atoms with E-state index >= 15 is 0 Å². The van der Waals surface area contributed by atoms with Crippen LogP contribution in [0.3, 0.4) is 0 Å². The van der Waals surface area contributed by atoms with Gasteiger partial charge in [0.05, 0.1) is 0 Å². The lowest BCUT2D eigenvalue weighted by atomic mass is 9.72. The minimum absolute atomic E-state index is 0.208. The molecule has 1 N–H and O–H groups in total. The average Bonchev–Trinajstić information content (AvgIpc) is 2.18. The Hall–Kier alpha value is -1.12. The van der Waals surface area contributed by atoms with Crippen LogP contribution >= 0.6 is 15.9 Å². The monoisotopic (exact) mass is 281 g/mol. The van der Waals surface area contributed by atoms with Crippen molar-refractivity contribution in [2.45, 2.75) is 31.7 Å². The molecule has 16 heavy (non-hydrogen) atoms. The summed E-state index contributed by atoms with van der Waals surface area (Å²) in [6.45, 7) is 1.91. The van der Waals surface area contributed by atoms with Crippen LogP contribution in [0.4, 0.5) is 0 Å². The molecule has 0 spiro atoms. The first-order chi connectivity index (χ1) is 7.59. The third-order valence-corrected chi connectivity index (χ3v) is 4.07. The lowest BCUT2D eigenvalue weighted by molar-refractivity contribution is 0.247. The van der Waals surface area contributed by atoms with Crippen molar-refractivity contribution in [1.82, 2.24) is 0 Å². The van der Waals surface area contributed by atoms with E-state index < -0.39 is 5.54 Å². The fourth-order valence-corrected chi connectivity index (χ4v) is 2.42. The molecule has 0 radical (unpaired) electrons. The van der Waals surface area contributed by atoms with Crippen molar-refractivity contribution < 1.29 is 9.90 Å². The highest BCUT2D eigenvalue weighted by Gasteiger charge is 2.41. The zero-order valence-electron chi connectivity index (χ0n) is 8.96. The van der Waals surface area contributed by atoms with E-state index in [2.05, 4.69) is 20.9 Å². The molecule has 1 aliphatic carbocycles. The van der Waals surface area contributed by atoms with Crippen molar-refractivity contribution in [2.75, 3.05) is 0 Å². The van der Waals surface area contributed by atoms with Gasteiger partial charge in [-0.1, -0.05) is 15.9 Å². The van der Waals surface area contributed by atoms with Crippen molar-refractivity contribution in [3.05, 3.63) is 27.7 Å². The Bertz CT molecular complexity index is 474. The molecular formula is C12H12BrNO2. The standard InChI is InChI=1S/C12H12BrNO2/c1-8-5-11(16)9(6-10(8)13)12(14-7-15)3-2-4-12/h5-6,16H,2-4H2,1H3. The number of benzene rings is 1. The summed E-state index contributed by atoms with van der Waals surface area (Å²) >= 11 is 3.43. The molecule has 1 fully saturated rings. The van der Waals surface area contributed by atoms with Gasteiger partial charge >= 0.3 is 0 Å².